The Morgan fingerprint density at radius 1 is 1.33 bits per heavy atom. The number of aryl methyl sites for hydroxylation is 2. The summed E-state index contributed by atoms with van der Waals surface area (Å²) in [6.07, 6.45) is 4.61. The highest BCUT2D eigenvalue weighted by atomic mass is 32.2. The minimum atomic E-state index is -3.80. The van der Waals surface area contributed by atoms with Gasteiger partial charge in [-0.3, -0.25) is 9.12 Å². The van der Waals surface area contributed by atoms with Crippen LogP contribution in [0.4, 0.5) is 10.9 Å². The third-order valence-corrected chi connectivity index (χ3v) is 6.65. The number of anilines is 2. The summed E-state index contributed by atoms with van der Waals surface area (Å²) < 4.78 is 29.1. The van der Waals surface area contributed by atoms with Gasteiger partial charge in [-0.05, 0) is 19.3 Å². The normalized spacial score (nSPS) is 14.7. The zero-order valence-electron chi connectivity index (χ0n) is 10.7. The fourth-order valence-electron chi connectivity index (χ4n) is 2.45. The van der Waals surface area contributed by atoms with Crippen molar-refractivity contribution in [1.82, 2.24) is 14.4 Å². The van der Waals surface area contributed by atoms with Crippen LogP contribution in [0, 0.1) is 0 Å². The molecule has 0 saturated carbocycles. The van der Waals surface area contributed by atoms with Gasteiger partial charge in [-0.25, -0.2) is 9.97 Å². The van der Waals surface area contributed by atoms with Crippen LogP contribution in [0.25, 0.3) is 4.96 Å². The Bertz CT molecular complexity index is 915. The molecule has 0 amide bonds. The van der Waals surface area contributed by atoms with Crippen LogP contribution in [0.3, 0.4) is 0 Å². The van der Waals surface area contributed by atoms with Crippen LogP contribution in [-0.4, -0.2) is 22.8 Å². The van der Waals surface area contributed by atoms with Gasteiger partial charge in [-0.1, -0.05) is 0 Å². The molecule has 3 heterocycles. The molecule has 110 valence electrons. The van der Waals surface area contributed by atoms with Gasteiger partial charge in [-0.15, -0.1) is 22.7 Å². The number of hydrogen-bond donors (Lipinski definition) is 2. The molecule has 0 bridgehead atoms. The molecule has 21 heavy (non-hydrogen) atoms. The Balaban J connectivity index is 1.75. The lowest BCUT2D eigenvalue weighted by Crippen LogP contribution is -2.16. The molecule has 0 aliphatic heterocycles. The van der Waals surface area contributed by atoms with Gasteiger partial charge in [0, 0.05) is 16.5 Å². The smallest absolute Gasteiger partial charge is 0.283 e. The van der Waals surface area contributed by atoms with Crippen molar-refractivity contribution < 1.29 is 8.42 Å². The Labute approximate surface area is 128 Å². The van der Waals surface area contributed by atoms with E-state index in [1.54, 1.807) is 11.6 Å². The molecule has 0 atom stereocenters. The van der Waals surface area contributed by atoms with Crippen LogP contribution in [0.15, 0.2) is 16.6 Å². The third-order valence-electron chi connectivity index (χ3n) is 3.32. The molecule has 0 radical (unpaired) electrons. The van der Waals surface area contributed by atoms with Gasteiger partial charge in [0.1, 0.15) is 0 Å². The van der Waals surface area contributed by atoms with E-state index in [0.29, 0.717) is 10.1 Å². The Morgan fingerprint density at radius 2 is 2.19 bits per heavy atom. The Hall–Kier alpha value is -1.65. The maximum Gasteiger partial charge on any atom is 0.283 e. The van der Waals surface area contributed by atoms with E-state index >= 15 is 0 Å². The molecule has 3 aromatic heterocycles. The number of thiazole rings is 2. The van der Waals surface area contributed by atoms with E-state index in [9.17, 15) is 8.42 Å². The first-order valence-corrected chi connectivity index (χ1v) is 9.45. The number of nitrogen functional groups attached to an aromatic ring is 1. The molecule has 0 fully saturated rings. The van der Waals surface area contributed by atoms with Gasteiger partial charge in [0.25, 0.3) is 10.0 Å². The standard InChI is InChI=1S/C11H11N5O2S3/c12-8-9(16-4-5-19-11(16)14-8)21(17,18)15-10-13-6-2-1-3-7(6)20-10/h4-5H,1-3,12H2,(H,13,15). The van der Waals surface area contributed by atoms with Gasteiger partial charge in [-0.2, -0.15) is 8.42 Å². The van der Waals surface area contributed by atoms with E-state index in [0.717, 1.165) is 29.8 Å². The van der Waals surface area contributed by atoms with Gasteiger partial charge in [0.05, 0.1) is 5.69 Å². The quantitative estimate of drug-likeness (QED) is 0.755. The third kappa shape index (κ3) is 2.01. The molecule has 1 aliphatic rings. The maximum absolute atomic E-state index is 12.5. The first-order chi connectivity index (χ1) is 10.0. The average Bonchev–Trinajstić information content (AvgIpc) is 3.06. The molecular weight excluding hydrogens is 330 g/mol. The summed E-state index contributed by atoms with van der Waals surface area (Å²) >= 11 is 2.72. The van der Waals surface area contributed by atoms with Crippen molar-refractivity contribution in [3.05, 3.63) is 22.1 Å². The van der Waals surface area contributed by atoms with Crippen LogP contribution < -0.4 is 10.5 Å². The molecular formula is C11H11N5O2S3. The zero-order valence-corrected chi connectivity index (χ0v) is 13.2. The summed E-state index contributed by atoms with van der Waals surface area (Å²) in [6.45, 7) is 0. The number of imidazole rings is 1. The highest BCUT2D eigenvalue weighted by Gasteiger charge is 2.27. The molecule has 3 aromatic rings. The Kier molecular flexibility index (Phi) is 2.75. The molecule has 10 heteroatoms. The SMILES string of the molecule is Nc1nc2sccn2c1S(=O)(=O)Nc1nc2c(s1)CCC2. The number of sulfonamides is 1. The second kappa shape index (κ2) is 4.42. The predicted molar refractivity (Wildman–Crippen MR) is 82.4 cm³/mol. The Morgan fingerprint density at radius 3 is 3.00 bits per heavy atom. The molecule has 0 unspecified atom stereocenters. The number of aromatic nitrogens is 3. The fourth-order valence-corrected chi connectivity index (χ4v) is 5.72. The van der Waals surface area contributed by atoms with E-state index in [-0.39, 0.29) is 10.8 Å². The molecule has 1 aliphatic carbocycles. The summed E-state index contributed by atoms with van der Waals surface area (Å²) in [5, 5.41) is 2.12. The second-order valence-electron chi connectivity index (χ2n) is 4.71. The monoisotopic (exact) mass is 341 g/mol. The van der Waals surface area contributed by atoms with Crippen molar-refractivity contribution in [2.24, 2.45) is 0 Å². The van der Waals surface area contributed by atoms with Crippen molar-refractivity contribution in [3.63, 3.8) is 0 Å². The van der Waals surface area contributed by atoms with E-state index in [1.807, 2.05) is 0 Å². The van der Waals surface area contributed by atoms with Crippen molar-refractivity contribution >= 4 is 48.6 Å². The number of fused-ring (bicyclic) bond motifs is 2. The van der Waals surface area contributed by atoms with Crippen molar-refractivity contribution in [1.29, 1.82) is 0 Å². The van der Waals surface area contributed by atoms with Crippen LogP contribution in [0.1, 0.15) is 17.0 Å². The highest BCUT2D eigenvalue weighted by molar-refractivity contribution is 7.93. The lowest BCUT2D eigenvalue weighted by Gasteiger charge is -2.04. The first kappa shape index (κ1) is 13.0. The second-order valence-corrected chi connectivity index (χ2v) is 8.26. The largest absolute Gasteiger partial charge is 0.381 e. The molecule has 0 spiro atoms. The van der Waals surface area contributed by atoms with Gasteiger partial charge in [0.2, 0.25) is 5.03 Å². The summed E-state index contributed by atoms with van der Waals surface area (Å²) in [4.78, 5) is 10.1. The maximum atomic E-state index is 12.5. The topological polar surface area (TPSA) is 102 Å². The highest BCUT2D eigenvalue weighted by Crippen LogP contribution is 2.32. The fraction of sp³-hybridized carbons (Fsp3) is 0.273. The van der Waals surface area contributed by atoms with E-state index in [4.69, 9.17) is 5.73 Å². The summed E-state index contributed by atoms with van der Waals surface area (Å²) in [6, 6.07) is 0. The average molecular weight is 341 g/mol. The van der Waals surface area contributed by atoms with Crippen LogP contribution in [0.2, 0.25) is 0 Å². The summed E-state index contributed by atoms with van der Waals surface area (Å²) in [7, 11) is -3.80. The minimum Gasteiger partial charge on any atom is -0.381 e. The number of hydrogen-bond acceptors (Lipinski definition) is 7. The number of rotatable bonds is 3. The first-order valence-electron chi connectivity index (χ1n) is 6.27. The molecule has 4 rings (SSSR count). The van der Waals surface area contributed by atoms with Crippen LogP contribution in [0.5, 0.6) is 0 Å². The zero-order chi connectivity index (χ0) is 14.6. The van der Waals surface area contributed by atoms with E-state index in [1.165, 1.54) is 27.1 Å². The van der Waals surface area contributed by atoms with Crippen molar-refractivity contribution in [2.45, 2.75) is 24.3 Å². The van der Waals surface area contributed by atoms with Gasteiger partial charge >= 0.3 is 0 Å². The van der Waals surface area contributed by atoms with Gasteiger partial charge in [0.15, 0.2) is 15.9 Å². The molecule has 7 nitrogen and oxygen atoms in total. The lowest BCUT2D eigenvalue weighted by atomic mass is 10.4. The van der Waals surface area contributed by atoms with E-state index in [2.05, 4.69) is 14.7 Å². The predicted octanol–water partition coefficient (Wildman–Crippen LogP) is 1.72. The minimum absolute atomic E-state index is 0.00144. The molecule has 0 aromatic carbocycles. The van der Waals surface area contributed by atoms with E-state index < -0.39 is 10.0 Å². The van der Waals surface area contributed by atoms with Crippen LogP contribution in [-0.2, 0) is 22.9 Å². The lowest BCUT2D eigenvalue weighted by molar-refractivity contribution is 0.597. The number of nitrogens with one attached hydrogen (secondary N) is 1. The number of nitrogens with zero attached hydrogens (tertiary/aromatic N) is 3. The van der Waals surface area contributed by atoms with Crippen LogP contribution >= 0.6 is 22.7 Å². The molecule has 3 N–H and O–H groups in total. The van der Waals surface area contributed by atoms with Crippen molar-refractivity contribution in [3.8, 4) is 0 Å². The van der Waals surface area contributed by atoms with Crippen molar-refractivity contribution in [2.75, 3.05) is 10.5 Å². The molecule has 0 saturated heterocycles. The summed E-state index contributed by atoms with van der Waals surface area (Å²) in [5.74, 6) is -0.00144. The van der Waals surface area contributed by atoms with Gasteiger partial charge < -0.3 is 5.73 Å². The number of nitrogens with two attached hydrogens (primary N) is 1. The summed E-state index contributed by atoms with van der Waals surface area (Å²) in [5.41, 5.74) is 6.75.